The van der Waals surface area contributed by atoms with Crippen molar-refractivity contribution in [1.82, 2.24) is 10.2 Å². The van der Waals surface area contributed by atoms with E-state index in [1.54, 1.807) is 26.2 Å². The fraction of sp³-hybridized carbons (Fsp3) is 0.438. The Bertz CT molecular complexity index is 641. The number of benzene rings is 1. The molecule has 0 spiro atoms. The van der Waals surface area contributed by atoms with E-state index in [4.69, 9.17) is 14.7 Å². The molecule has 0 unspecified atom stereocenters. The lowest BCUT2D eigenvalue weighted by atomic mass is 10.2. The van der Waals surface area contributed by atoms with Crippen molar-refractivity contribution < 1.29 is 19.1 Å². The van der Waals surface area contributed by atoms with E-state index in [9.17, 15) is 9.59 Å². The molecule has 0 bridgehead atoms. The molecule has 24 heavy (non-hydrogen) atoms. The van der Waals surface area contributed by atoms with Crippen LogP contribution in [0.4, 0.5) is 0 Å². The molecule has 0 fully saturated rings. The van der Waals surface area contributed by atoms with Crippen LogP contribution in [0.1, 0.15) is 18.9 Å². The topological polar surface area (TPSA) is 91.7 Å². The predicted molar refractivity (Wildman–Crippen MR) is 91.8 cm³/mol. The van der Waals surface area contributed by atoms with Gasteiger partial charge in [0.05, 0.1) is 22.7 Å². The van der Waals surface area contributed by atoms with Crippen LogP contribution in [0.5, 0.6) is 11.5 Å². The summed E-state index contributed by atoms with van der Waals surface area (Å²) in [4.78, 5) is 24.7. The van der Waals surface area contributed by atoms with Crippen molar-refractivity contribution >= 4 is 27.7 Å². The molecule has 0 aliphatic carbocycles. The molecule has 0 aliphatic rings. The van der Waals surface area contributed by atoms with Gasteiger partial charge in [0, 0.05) is 33.1 Å². The Morgan fingerprint density at radius 1 is 1.33 bits per heavy atom. The fourth-order valence-corrected chi connectivity index (χ4v) is 2.31. The summed E-state index contributed by atoms with van der Waals surface area (Å²) >= 11 is 3.31. The maximum absolute atomic E-state index is 11.8. The first kappa shape index (κ1) is 19.8. The summed E-state index contributed by atoms with van der Waals surface area (Å²) in [6.07, 6.45) is 0.226. The summed E-state index contributed by atoms with van der Waals surface area (Å²) in [5.74, 6) is 0.333. The van der Waals surface area contributed by atoms with Crippen molar-refractivity contribution in [3.63, 3.8) is 0 Å². The number of amides is 2. The second kappa shape index (κ2) is 9.78. The number of carbonyl (C=O) groups is 2. The zero-order valence-electron chi connectivity index (χ0n) is 13.9. The predicted octanol–water partition coefficient (Wildman–Crippen LogP) is 1.69. The van der Waals surface area contributed by atoms with Gasteiger partial charge in [0.15, 0.2) is 18.1 Å². The minimum Gasteiger partial charge on any atom is -0.490 e. The maximum atomic E-state index is 11.8. The number of nitrogens with one attached hydrogen (secondary N) is 1. The number of halogens is 1. The molecule has 1 N–H and O–H groups in total. The van der Waals surface area contributed by atoms with Crippen LogP contribution in [0.2, 0.25) is 0 Å². The summed E-state index contributed by atoms with van der Waals surface area (Å²) < 4.78 is 11.5. The van der Waals surface area contributed by atoms with Crippen molar-refractivity contribution in [1.29, 1.82) is 5.26 Å². The van der Waals surface area contributed by atoms with Crippen LogP contribution in [0.15, 0.2) is 16.6 Å². The number of hydrogen-bond acceptors (Lipinski definition) is 5. The number of carbonyl (C=O) groups excluding carboxylic acids is 2. The Kier molecular flexibility index (Phi) is 8.06. The normalized spacial score (nSPS) is 9.79. The van der Waals surface area contributed by atoms with Crippen LogP contribution in [-0.4, -0.2) is 50.6 Å². The highest BCUT2D eigenvalue weighted by Crippen LogP contribution is 2.36. The van der Waals surface area contributed by atoms with Crippen LogP contribution < -0.4 is 14.8 Å². The van der Waals surface area contributed by atoms with E-state index < -0.39 is 0 Å². The van der Waals surface area contributed by atoms with Gasteiger partial charge in [-0.15, -0.1) is 0 Å². The minimum absolute atomic E-state index is 0.0651. The molecular weight excluding hydrogens is 378 g/mol. The molecule has 0 saturated heterocycles. The highest BCUT2D eigenvalue weighted by Gasteiger charge is 2.14. The molecule has 0 heterocycles. The van der Waals surface area contributed by atoms with Gasteiger partial charge < -0.3 is 19.7 Å². The van der Waals surface area contributed by atoms with Crippen molar-refractivity contribution in [3.05, 3.63) is 22.2 Å². The zero-order chi connectivity index (χ0) is 18.1. The standard InChI is InChI=1S/C16H20BrN3O4/c1-4-23-13-8-11(9-18)7-12(17)16(13)24-10-14(21)19-6-5-15(22)20(2)3/h7-8H,4-6,10H2,1-3H3,(H,19,21). The molecule has 1 rings (SSSR count). The number of nitriles is 1. The molecule has 0 atom stereocenters. The highest BCUT2D eigenvalue weighted by molar-refractivity contribution is 9.10. The van der Waals surface area contributed by atoms with Gasteiger partial charge in [0.25, 0.3) is 5.91 Å². The Balaban J connectivity index is 2.62. The van der Waals surface area contributed by atoms with E-state index in [-0.39, 0.29) is 31.4 Å². The molecule has 0 aromatic heterocycles. The lowest BCUT2D eigenvalue weighted by molar-refractivity contribution is -0.128. The Morgan fingerprint density at radius 2 is 2.04 bits per heavy atom. The van der Waals surface area contributed by atoms with Gasteiger partial charge in [0.2, 0.25) is 5.91 Å². The quantitative estimate of drug-likeness (QED) is 0.720. The summed E-state index contributed by atoms with van der Waals surface area (Å²) in [6.45, 7) is 2.23. The summed E-state index contributed by atoms with van der Waals surface area (Å²) in [7, 11) is 3.32. The van der Waals surface area contributed by atoms with Crippen LogP contribution in [0, 0.1) is 11.3 Å². The fourth-order valence-electron chi connectivity index (χ4n) is 1.76. The molecule has 1 aromatic rings. The van der Waals surface area contributed by atoms with Crippen molar-refractivity contribution in [2.24, 2.45) is 0 Å². The summed E-state index contributed by atoms with van der Waals surface area (Å²) in [5.41, 5.74) is 0.421. The van der Waals surface area contributed by atoms with Gasteiger partial charge in [-0.2, -0.15) is 5.26 Å². The molecule has 0 aliphatic heterocycles. The van der Waals surface area contributed by atoms with Crippen molar-refractivity contribution in [2.75, 3.05) is 33.9 Å². The lowest BCUT2D eigenvalue weighted by Gasteiger charge is -2.14. The average molecular weight is 398 g/mol. The number of nitrogens with zero attached hydrogens (tertiary/aromatic N) is 2. The van der Waals surface area contributed by atoms with E-state index >= 15 is 0 Å². The molecule has 2 amide bonds. The third kappa shape index (κ3) is 6.08. The smallest absolute Gasteiger partial charge is 0.257 e. The largest absolute Gasteiger partial charge is 0.490 e. The zero-order valence-corrected chi connectivity index (χ0v) is 15.5. The monoisotopic (exact) mass is 397 g/mol. The first-order valence-corrected chi connectivity index (χ1v) is 8.14. The second-order valence-electron chi connectivity index (χ2n) is 5.01. The van der Waals surface area contributed by atoms with E-state index in [2.05, 4.69) is 21.2 Å². The van der Waals surface area contributed by atoms with Gasteiger partial charge in [-0.1, -0.05) is 0 Å². The van der Waals surface area contributed by atoms with Crippen molar-refractivity contribution in [3.8, 4) is 17.6 Å². The average Bonchev–Trinajstić information content (AvgIpc) is 2.53. The SMILES string of the molecule is CCOc1cc(C#N)cc(Br)c1OCC(=O)NCCC(=O)N(C)C. The van der Waals surface area contributed by atoms with E-state index in [1.165, 1.54) is 4.90 Å². The molecular formula is C16H20BrN3O4. The van der Waals surface area contributed by atoms with Gasteiger partial charge in [-0.25, -0.2) is 0 Å². The maximum Gasteiger partial charge on any atom is 0.257 e. The lowest BCUT2D eigenvalue weighted by Crippen LogP contribution is -2.33. The van der Waals surface area contributed by atoms with Crippen LogP contribution >= 0.6 is 15.9 Å². The molecule has 1 aromatic carbocycles. The Morgan fingerprint density at radius 3 is 2.62 bits per heavy atom. The Hall–Kier alpha value is -2.27. The molecule has 0 radical (unpaired) electrons. The second-order valence-corrected chi connectivity index (χ2v) is 5.86. The first-order valence-electron chi connectivity index (χ1n) is 7.35. The number of hydrogen-bond donors (Lipinski definition) is 1. The molecule has 7 nitrogen and oxygen atoms in total. The third-order valence-corrected chi connectivity index (χ3v) is 3.53. The van der Waals surface area contributed by atoms with Crippen LogP contribution in [-0.2, 0) is 9.59 Å². The first-order chi connectivity index (χ1) is 11.4. The van der Waals surface area contributed by atoms with Gasteiger partial charge in [0.1, 0.15) is 0 Å². The van der Waals surface area contributed by atoms with E-state index in [1.807, 2.05) is 13.0 Å². The van der Waals surface area contributed by atoms with Gasteiger partial charge in [-0.3, -0.25) is 9.59 Å². The Labute approximate surface area is 149 Å². The summed E-state index contributed by atoms with van der Waals surface area (Å²) in [6, 6.07) is 5.17. The summed E-state index contributed by atoms with van der Waals surface area (Å²) in [5, 5.41) is 11.6. The highest BCUT2D eigenvalue weighted by atomic mass is 79.9. The molecule has 8 heteroatoms. The molecule has 0 saturated carbocycles. The third-order valence-electron chi connectivity index (χ3n) is 2.95. The van der Waals surface area contributed by atoms with Gasteiger partial charge in [-0.05, 0) is 28.9 Å². The van der Waals surface area contributed by atoms with E-state index in [0.29, 0.717) is 28.1 Å². The number of ether oxygens (including phenoxy) is 2. The minimum atomic E-state index is -0.347. The van der Waals surface area contributed by atoms with E-state index in [0.717, 1.165) is 0 Å². The number of rotatable bonds is 8. The van der Waals surface area contributed by atoms with Crippen LogP contribution in [0.3, 0.4) is 0 Å². The van der Waals surface area contributed by atoms with Crippen LogP contribution in [0.25, 0.3) is 0 Å². The van der Waals surface area contributed by atoms with Crippen molar-refractivity contribution in [2.45, 2.75) is 13.3 Å². The molecule has 130 valence electrons. The van der Waals surface area contributed by atoms with Gasteiger partial charge >= 0.3 is 0 Å².